The highest BCUT2D eigenvalue weighted by atomic mass is 19.4. The van der Waals surface area contributed by atoms with Crippen LogP contribution in [0.25, 0.3) is 0 Å². The lowest BCUT2D eigenvalue weighted by molar-refractivity contribution is -0.443. The van der Waals surface area contributed by atoms with Crippen LogP contribution in [0.5, 0.6) is 5.75 Å². The molecule has 1 atom stereocenters. The third-order valence-electron chi connectivity index (χ3n) is 5.03. The lowest BCUT2D eigenvalue weighted by atomic mass is 9.82. The molecule has 1 unspecified atom stereocenters. The molecule has 0 bridgehead atoms. The van der Waals surface area contributed by atoms with Gasteiger partial charge in [0.25, 0.3) is 0 Å². The molecule has 0 aromatic heterocycles. The Morgan fingerprint density at radius 2 is 1.11 bits per heavy atom. The zero-order chi connectivity index (χ0) is 29.5. The van der Waals surface area contributed by atoms with Crippen LogP contribution in [0.2, 0.25) is 0 Å². The number of aliphatic hydroxyl groups is 1. The second-order valence-corrected chi connectivity index (χ2v) is 7.73. The van der Waals surface area contributed by atoms with Crippen LogP contribution in [-0.2, 0) is 5.60 Å². The van der Waals surface area contributed by atoms with Gasteiger partial charge in [-0.3, -0.25) is 0 Å². The fraction of sp³-hybridized carbons (Fsp3) is 0.684. The summed E-state index contributed by atoms with van der Waals surface area (Å²) in [5.41, 5.74) is -7.06. The quantitative estimate of drug-likeness (QED) is 0.214. The van der Waals surface area contributed by atoms with Crippen molar-refractivity contribution in [1.29, 1.82) is 0 Å². The van der Waals surface area contributed by atoms with Gasteiger partial charge in [-0.15, -0.1) is 0 Å². The Morgan fingerprint density at radius 1 is 0.649 bits per heavy atom. The molecule has 1 aromatic carbocycles. The van der Waals surface area contributed by atoms with Crippen molar-refractivity contribution in [2.75, 3.05) is 6.61 Å². The van der Waals surface area contributed by atoms with E-state index in [9.17, 15) is 75.4 Å². The maximum absolute atomic E-state index is 14.3. The molecular formula is C19H16F16O2. The first-order chi connectivity index (χ1) is 16.3. The minimum absolute atomic E-state index is 0.113. The van der Waals surface area contributed by atoms with E-state index in [-0.39, 0.29) is 12.5 Å². The van der Waals surface area contributed by atoms with E-state index in [1.807, 2.05) is 0 Å². The van der Waals surface area contributed by atoms with Gasteiger partial charge < -0.3 is 9.84 Å². The van der Waals surface area contributed by atoms with E-state index >= 15 is 0 Å². The lowest BCUT2D eigenvalue weighted by Gasteiger charge is -2.42. The Labute approximate surface area is 197 Å². The number of hydrogen-bond acceptors (Lipinski definition) is 2. The van der Waals surface area contributed by atoms with Crippen LogP contribution in [0, 0.1) is 0 Å². The summed E-state index contributed by atoms with van der Waals surface area (Å²) in [5, 5.41) is 10.0. The summed E-state index contributed by atoms with van der Waals surface area (Å²) in [4.78, 5) is 0. The van der Waals surface area contributed by atoms with Crippen LogP contribution in [0.15, 0.2) is 24.3 Å². The fourth-order valence-electron chi connectivity index (χ4n) is 2.84. The smallest absolute Gasteiger partial charge is 0.460 e. The molecule has 18 heteroatoms. The molecule has 0 heterocycles. The number of hydrogen-bond donors (Lipinski definition) is 1. The summed E-state index contributed by atoms with van der Waals surface area (Å²) in [5.74, 6) is -40.9. The van der Waals surface area contributed by atoms with Crippen LogP contribution in [-0.4, -0.2) is 53.7 Å². The second-order valence-electron chi connectivity index (χ2n) is 7.73. The second kappa shape index (κ2) is 9.87. The molecule has 2 nitrogen and oxygen atoms in total. The summed E-state index contributed by atoms with van der Waals surface area (Å²) in [6.45, 7) is 1.12. The van der Waals surface area contributed by atoms with Gasteiger partial charge >= 0.3 is 42.0 Å². The van der Waals surface area contributed by atoms with Crippen molar-refractivity contribution in [1.82, 2.24) is 0 Å². The molecule has 0 aliphatic rings. The van der Waals surface area contributed by atoms with Crippen molar-refractivity contribution in [2.45, 2.75) is 73.8 Å². The average molecular weight is 580 g/mol. The van der Waals surface area contributed by atoms with Crippen molar-refractivity contribution >= 4 is 0 Å². The van der Waals surface area contributed by atoms with Crippen molar-refractivity contribution in [2.24, 2.45) is 0 Å². The molecule has 0 fully saturated rings. The molecule has 1 N–H and O–H groups in total. The van der Waals surface area contributed by atoms with E-state index in [4.69, 9.17) is 4.74 Å². The van der Waals surface area contributed by atoms with Crippen LogP contribution in [0.4, 0.5) is 70.2 Å². The van der Waals surface area contributed by atoms with Crippen molar-refractivity contribution in [3.63, 3.8) is 0 Å². The highest BCUT2D eigenvalue weighted by molar-refractivity contribution is 5.39. The molecule has 0 amide bonds. The molecule has 0 saturated heterocycles. The zero-order valence-electron chi connectivity index (χ0n) is 18.0. The van der Waals surface area contributed by atoms with E-state index in [1.165, 1.54) is 0 Å². The topological polar surface area (TPSA) is 29.5 Å². The van der Waals surface area contributed by atoms with E-state index in [0.717, 1.165) is 6.07 Å². The number of halogens is 16. The minimum atomic E-state index is -8.30. The Kier molecular flexibility index (Phi) is 8.77. The molecule has 37 heavy (non-hydrogen) atoms. The number of ether oxygens (including phenoxy) is 1. The first-order valence-electron chi connectivity index (χ1n) is 9.73. The summed E-state index contributed by atoms with van der Waals surface area (Å²) in [6.07, 6.45) is -17.6. The summed E-state index contributed by atoms with van der Waals surface area (Å²) in [7, 11) is 0. The van der Waals surface area contributed by atoms with Crippen LogP contribution in [0.3, 0.4) is 0 Å². The minimum Gasteiger partial charge on any atom is -0.493 e. The van der Waals surface area contributed by atoms with Gasteiger partial charge in [0.1, 0.15) is 5.75 Å². The number of benzene rings is 1. The van der Waals surface area contributed by atoms with E-state index < -0.39 is 71.9 Å². The maximum Gasteiger partial charge on any atom is 0.460 e. The summed E-state index contributed by atoms with van der Waals surface area (Å²) in [6, 6.07) is 2.29. The van der Waals surface area contributed by atoms with Crippen molar-refractivity contribution < 1.29 is 80.1 Å². The molecule has 0 radical (unpaired) electrons. The first kappa shape index (κ1) is 32.9. The largest absolute Gasteiger partial charge is 0.493 e. The monoisotopic (exact) mass is 580 g/mol. The summed E-state index contributed by atoms with van der Waals surface area (Å²) < 4.78 is 219. The SMILES string of the molecule is CCCCOc1ccccc1C(O)(CC(F)(F)C(F)(F)C(F)(F)C(F)(F)C(F)(F)C(F)(F)F)C(F)(F)F. The molecule has 216 valence electrons. The predicted molar refractivity (Wildman–Crippen MR) is 92.2 cm³/mol. The van der Waals surface area contributed by atoms with Gasteiger partial charge in [-0.1, -0.05) is 31.5 Å². The zero-order valence-corrected chi connectivity index (χ0v) is 18.0. The highest BCUT2D eigenvalue weighted by Crippen LogP contribution is 2.62. The third-order valence-corrected chi connectivity index (χ3v) is 5.03. The van der Waals surface area contributed by atoms with E-state index in [2.05, 4.69) is 0 Å². The normalized spacial score (nSPS) is 16.5. The standard InChI is InChI=1S/C19H16F16O2/c1-2-3-8-37-11-7-5-4-6-10(11)12(36,18(30,31)32)9-13(20,21)14(22,23)15(24,25)16(26,27)17(28,29)19(33,34)35/h4-7,36H,2-3,8-9H2,1H3. The summed E-state index contributed by atoms with van der Waals surface area (Å²) >= 11 is 0. The fourth-order valence-corrected chi connectivity index (χ4v) is 2.84. The molecular weight excluding hydrogens is 564 g/mol. The van der Waals surface area contributed by atoms with Crippen LogP contribution in [0.1, 0.15) is 31.7 Å². The van der Waals surface area contributed by atoms with Crippen LogP contribution >= 0.6 is 0 Å². The molecule has 0 aliphatic heterocycles. The van der Waals surface area contributed by atoms with Crippen molar-refractivity contribution in [3.8, 4) is 5.75 Å². The highest BCUT2D eigenvalue weighted by Gasteiger charge is 2.91. The number of para-hydroxylation sites is 1. The Balaban J connectivity index is 3.70. The van der Waals surface area contributed by atoms with Crippen molar-refractivity contribution in [3.05, 3.63) is 29.8 Å². The molecule has 1 aromatic rings. The van der Waals surface area contributed by atoms with Gasteiger partial charge in [-0.2, -0.15) is 70.2 Å². The molecule has 0 saturated carbocycles. The number of alkyl halides is 16. The maximum atomic E-state index is 14.3. The van der Waals surface area contributed by atoms with Gasteiger partial charge in [0.2, 0.25) is 0 Å². The Hall–Kier alpha value is -2.14. The Bertz CT molecular complexity index is 921. The third kappa shape index (κ3) is 5.39. The first-order valence-corrected chi connectivity index (χ1v) is 9.73. The van der Waals surface area contributed by atoms with Crippen LogP contribution < -0.4 is 4.74 Å². The van der Waals surface area contributed by atoms with Gasteiger partial charge in [-0.05, 0) is 12.5 Å². The molecule has 1 rings (SSSR count). The van der Waals surface area contributed by atoms with Gasteiger partial charge in [0.15, 0.2) is 5.60 Å². The molecule has 0 spiro atoms. The van der Waals surface area contributed by atoms with E-state index in [0.29, 0.717) is 18.6 Å². The predicted octanol–water partition coefficient (Wildman–Crippen LogP) is 7.74. The van der Waals surface area contributed by atoms with Gasteiger partial charge in [0, 0.05) is 5.56 Å². The van der Waals surface area contributed by atoms with E-state index in [1.54, 1.807) is 6.92 Å². The number of unbranched alkanes of at least 4 members (excludes halogenated alkanes) is 1. The van der Waals surface area contributed by atoms with Gasteiger partial charge in [-0.25, -0.2) is 0 Å². The Morgan fingerprint density at radius 3 is 1.54 bits per heavy atom. The lowest BCUT2D eigenvalue weighted by Crippen LogP contribution is -2.70. The van der Waals surface area contributed by atoms with Gasteiger partial charge in [0.05, 0.1) is 13.0 Å². The number of rotatable bonds is 11. The average Bonchev–Trinajstić information content (AvgIpc) is 2.71. The molecule has 0 aliphatic carbocycles.